The fraction of sp³-hybridized carbons (Fsp3) is 0.917. The Balaban J connectivity index is 2.52. The molecule has 15 heavy (non-hydrogen) atoms. The fourth-order valence-corrected chi connectivity index (χ4v) is 3.48. The summed E-state index contributed by atoms with van der Waals surface area (Å²) in [5.41, 5.74) is -0.221. The Kier molecular flexibility index (Phi) is 5.49. The Bertz CT molecular complexity index is 222. The van der Waals surface area contributed by atoms with Crippen molar-refractivity contribution in [2.24, 2.45) is 0 Å². The van der Waals surface area contributed by atoms with E-state index >= 15 is 0 Å². The molecule has 0 aromatic heterocycles. The average Bonchev–Trinajstić information content (AvgIpc) is 2.27. The second-order valence-electron chi connectivity index (χ2n) is 4.29. The zero-order chi connectivity index (χ0) is 11.1. The Morgan fingerprint density at radius 2 is 2.33 bits per heavy atom. The molecule has 1 N–H and O–H groups in total. The largest absolute Gasteiger partial charge is 0.299 e. The Morgan fingerprint density at radius 3 is 2.93 bits per heavy atom. The minimum absolute atomic E-state index is 0.221. The molecule has 2 nitrogen and oxygen atoms in total. The third kappa shape index (κ3) is 3.70. The maximum absolute atomic E-state index is 9.33. The molecule has 0 amide bonds. The summed E-state index contributed by atoms with van der Waals surface area (Å²) in [6.07, 6.45) is 5.65. The summed E-state index contributed by atoms with van der Waals surface area (Å²) < 4.78 is 0. The van der Waals surface area contributed by atoms with Crippen LogP contribution in [0.2, 0.25) is 0 Å². The maximum atomic E-state index is 9.33. The van der Waals surface area contributed by atoms with Gasteiger partial charge >= 0.3 is 0 Å². The van der Waals surface area contributed by atoms with Crippen molar-refractivity contribution >= 4 is 11.8 Å². The van der Waals surface area contributed by atoms with Crippen LogP contribution in [0.1, 0.15) is 46.0 Å². The minimum atomic E-state index is -0.221. The predicted molar refractivity (Wildman–Crippen MR) is 67.0 cm³/mol. The normalized spacial score (nSPS) is 31.1. The molecule has 1 aliphatic carbocycles. The van der Waals surface area contributed by atoms with Gasteiger partial charge in [0.05, 0.1) is 6.07 Å². The quantitative estimate of drug-likeness (QED) is 0.783. The van der Waals surface area contributed by atoms with Crippen LogP contribution in [-0.2, 0) is 0 Å². The number of nitriles is 1. The van der Waals surface area contributed by atoms with Gasteiger partial charge in [-0.3, -0.25) is 5.32 Å². The van der Waals surface area contributed by atoms with Crippen molar-refractivity contribution in [1.82, 2.24) is 5.32 Å². The van der Waals surface area contributed by atoms with Crippen molar-refractivity contribution in [2.75, 3.05) is 12.3 Å². The number of thioether (sulfide) groups is 1. The van der Waals surface area contributed by atoms with E-state index in [9.17, 15) is 5.26 Å². The molecule has 2 atom stereocenters. The third-order valence-electron chi connectivity index (χ3n) is 3.04. The van der Waals surface area contributed by atoms with Gasteiger partial charge in [0.2, 0.25) is 0 Å². The van der Waals surface area contributed by atoms with Gasteiger partial charge in [-0.1, -0.05) is 13.8 Å². The van der Waals surface area contributed by atoms with Gasteiger partial charge in [-0.2, -0.15) is 17.0 Å². The van der Waals surface area contributed by atoms with Crippen molar-refractivity contribution in [3.8, 4) is 6.07 Å². The summed E-state index contributed by atoms with van der Waals surface area (Å²) in [5, 5.41) is 13.5. The van der Waals surface area contributed by atoms with Crippen LogP contribution in [0.25, 0.3) is 0 Å². The molecule has 1 fully saturated rings. The lowest BCUT2D eigenvalue weighted by atomic mass is 9.82. The molecule has 3 heteroatoms. The Labute approximate surface area is 97.8 Å². The smallest absolute Gasteiger partial charge is 0.107 e. The number of nitrogens with one attached hydrogen (secondary N) is 1. The zero-order valence-electron chi connectivity index (χ0n) is 9.88. The van der Waals surface area contributed by atoms with Gasteiger partial charge in [0.15, 0.2) is 0 Å². The van der Waals surface area contributed by atoms with Gasteiger partial charge in [-0.25, -0.2) is 0 Å². The zero-order valence-corrected chi connectivity index (χ0v) is 10.7. The highest BCUT2D eigenvalue weighted by atomic mass is 32.2. The van der Waals surface area contributed by atoms with E-state index in [-0.39, 0.29) is 5.54 Å². The van der Waals surface area contributed by atoms with Crippen LogP contribution in [0, 0.1) is 11.3 Å². The number of nitrogens with zero attached hydrogens (tertiary/aromatic N) is 1. The van der Waals surface area contributed by atoms with Gasteiger partial charge in [-0.15, -0.1) is 0 Å². The molecule has 0 bridgehead atoms. The summed E-state index contributed by atoms with van der Waals surface area (Å²) in [7, 11) is 0. The van der Waals surface area contributed by atoms with Crippen molar-refractivity contribution < 1.29 is 0 Å². The summed E-state index contributed by atoms with van der Waals surface area (Å²) in [6, 6.07) is 2.52. The fourth-order valence-electron chi connectivity index (χ4n) is 2.27. The molecule has 1 aliphatic rings. The van der Waals surface area contributed by atoms with Gasteiger partial charge in [0, 0.05) is 5.25 Å². The summed E-state index contributed by atoms with van der Waals surface area (Å²) >= 11 is 2.01. The first-order valence-electron chi connectivity index (χ1n) is 6.04. The number of rotatable bonds is 5. The monoisotopic (exact) mass is 226 g/mol. The van der Waals surface area contributed by atoms with Crippen molar-refractivity contribution in [3.63, 3.8) is 0 Å². The van der Waals surface area contributed by atoms with Crippen LogP contribution >= 0.6 is 11.8 Å². The highest BCUT2D eigenvalue weighted by molar-refractivity contribution is 7.99. The molecule has 0 aromatic carbocycles. The van der Waals surface area contributed by atoms with Crippen molar-refractivity contribution in [2.45, 2.75) is 56.7 Å². The molecule has 1 saturated carbocycles. The molecule has 0 aliphatic heterocycles. The standard InChI is InChI=1S/C12H22N2S/c1-3-8-14-12(10-13)7-5-6-11(9-12)15-4-2/h11,14H,3-9H2,1-2H3. The molecule has 0 radical (unpaired) electrons. The van der Waals surface area contributed by atoms with E-state index in [1.807, 2.05) is 11.8 Å². The lowest BCUT2D eigenvalue weighted by molar-refractivity contribution is 0.305. The molecule has 0 spiro atoms. The van der Waals surface area contributed by atoms with E-state index in [0.29, 0.717) is 5.25 Å². The Hall–Kier alpha value is -0.200. The summed E-state index contributed by atoms with van der Waals surface area (Å²) in [5.74, 6) is 1.17. The van der Waals surface area contributed by atoms with Crippen LogP contribution in [0.15, 0.2) is 0 Å². The van der Waals surface area contributed by atoms with E-state index in [4.69, 9.17) is 0 Å². The van der Waals surface area contributed by atoms with Gasteiger partial charge in [0.25, 0.3) is 0 Å². The van der Waals surface area contributed by atoms with Crippen LogP contribution in [-0.4, -0.2) is 23.1 Å². The topological polar surface area (TPSA) is 35.8 Å². The molecule has 2 unspecified atom stereocenters. The molecule has 0 heterocycles. The van der Waals surface area contributed by atoms with Crippen molar-refractivity contribution in [3.05, 3.63) is 0 Å². The SMILES string of the molecule is CCCNC1(C#N)CCCC(SCC)C1. The van der Waals surface area contributed by atoms with E-state index in [0.717, 1.165) is 25.8 Å². The van der Waals surface area contributed by atoms with Crippen molar-refractivity contribution in [1.29, 1.82) is 5.26 Å². The predicted octanol–water partition coefficient (Wildman–Crippen LogP) is 2.94. The highest BCUT2D eigenvalue weighted by Crippen LogP contribution is 2.34. The summed E-state index contributed by atoms with van der Waals surface area (Å²) in [4.78, 5) is 0. The van der Waals surface area contributed by atoms with Crippen LogP contribution in [0.4, 0.5) is 0 Å². The lowest BCUT2D eigenvalue weighted by Crippen LogP contribution is -2.48. The van der Waals surface area contributed by atoms with E-state index in [2.05, 4.69) is 25.2 Å². The average molecular weight is 226 g/mol. The van der Waals surface area contributed by atoms with Crippen LogP contribution in [0.5, 0.6) is 0 Å². The minimum Gasteiger partial charge on any atom is -0.299 e. The Morgan fingerprint density at radius 1 is 1.53 bits per heavy atom. The number of hydrogen-bond acceptors (Lipinski definition) is 3. The van der Waals surface area contributed by atoms with E-state index in [1.165, 1.54) is 18.6 Å². The third-order valence-corrected chi connectivity index (χ3v) is 4.24. The van der Waals surface area contributed by atoms with E-state index in [1.54, 1.807) is 0 Å². The number of hydrogen-bond donors (Lipinski definition) is 1. The highest BCUT2D eigenvalue weighted by Gasteiger charge is 2.35. The maximum Gasteiger partial charge on any atom is 0.107 e. The van der Waals surface area contributed by atoms with Gasteiger partial charge in [0.1, 0.15) is 5.54 Å². The second-order valence-corrected chi connectivity index (χ2v) is 5.87. The van der Waals surface area contributed by atoms with Crippen LogP contribution < -0.4 is 5.32 Å². The molecule has 0 aromatic rings. The molecule has 1 rings (SSSR count). The first-order valence-corrected chi connectivity index (χ1v) is 7.09. The molecule has 86 valence electrons. The lowest BCUT2D eigenvalue weighted by Gasteiger charge is -2.36. The van der Waals surface area contributed by atoms with Gasteiger partial charge < -0.3 is 0 Å². The van der Waals surface area contributed by atoms with Crippen LogP contribution in [0.3, 0.4) is 0 Å². The second kappa shape index (κ2) is 6.40. The molecular weight excluding hydrogens is 204 g/mol. The molecule has 0 saturated heterocycles. The first kappa shape index (κ1) is 12.9. The first-order chi connectivity index (χ1) is 7.26. The van der Waals surface area contributed by atoms with Gasteiger partial charge in [-0.05, 0) is 44.4 Å². The molecular formula is C12H22N2S. The summed E-state index contributed by atoms with van der Waals surface area (Å²) in [6.45, 7) is 5.32. The van der Waals surface area contributed by atoms with E-state index < -0.39 is 0 Å².